The van der Waals surface area contributed by atoms with Crippen molar-refractivity contribution in [2.45, 2.75) is 31.1 Å². The predicted octanol–water partition coefficient (Wildman–Crippen LogP) is -2.71. The van der Waals surface area contributed by atoms with Gasteiger partial charge in [-0.2, -0.15) is 0 Å². The van der Waals surface area contributed by atoms with Gasteiger partial charge in [0.05, 0.1) is 21.0 Å². The lowest BCUT2D eigenvalue weighted by Crippen LogP contribution is -2.43. The molecule has 4 rings (SSSR count). The number of ether oxygens (including phenoxy) is 1. The highest BCUT2D eigenvalue weighted by Gasteiger charge is 2.44. The minimum Gasteiger partial charge on any atom is -0.790 e. The van der Waals surface area contributed by atoms with Crippen LogP contribution in [0.5, 0.6) is 0 Å². The summed E-state index contributed by atoms with van der Waals surface area (Å²) in [4.78, 5) is 57.8. The highest BCUT2D eigenvalue weighted by atomic mass is 31.3. The number of hydrogen-bond donors (Lipinski definition) is 2. The molecule has 3 heterocycles. The zero-order valence-corrected chi connectivity index (χ0v) is 19.4. The molecule has 1 aliphatic rings. The number of aliphatic hydroxyl groups is 2. The minimum atomic E-state index is -5.96. The fraction of sp³-hybridized carbons (Fsp3) is 0.353. The highest BCUT2D eigenvalue weighted by molar-refractivity contribution is 7.58. The fourth-order valence-electron chi connectivity index (χ4n) is 3.52. The molecule has 0 amide bonds. The first-order valence-electron chi connectivity index (χ1n) is 9.83. The first kappa shape index (κ1) is 26.5. The molecule has 36 heavy (non-hydrogen) atoms. The Hall–Kier alpha value is -2.56. The quantitative estimate of drug-likeness (QED) is 0.271. The molecule has 0 bridgehead atoms. The number of phosphoric ester groups is 1. The molecule has 2 unspecified atom stereocenters. The monoisotopic (exact) mass is 550 g/mol. The van der Waals surface area contributed by atoms with E-state index in [0.717, 1.165) is 22.9 Å². The van der Waals surface area contributed by atoms with E-state index in [2.05, 4.69) is 14.0 Å². The summed E-state index contributed by atoms with van der Waals surface area (Å²) >= 11 is 0. The van der Waals surface area contributed by atoms with Gasteiger partial charge in [-0.25, -0.2) is 9.18 Å². The summed E-state index contributed by atoms with van der Waals surface area (Å²) in [5.41, 5.74) is -2.01. The molecular formula is C17H15FN3O13P2-3. The summed E-state index contributed by atoms with van der Waals surface area (Å²) in [5.74, 6) is -0.713. The topological polar surface area (TPSA) is 242 Å². The second-order valence-corrected chi connectivity index (χ2v) is 10.2. The van der Waals surface area contributed by atoms with Crippen molar-refractivity contribution in [2.24, 2.45) is 0 Å². The Labute approximate surface area is 198 Å². The summed E-state index contributed by atoms with van der Waals surface area (Å²) in [5, 5.41) is 24.4. The Morgan fingerprint density at radius 2 is 1.86 bits per heavy atom. The van der Waals surface area contributed by atoms with E-state index >= 15 is 0 Å². The number of halogens is 1. The van der Waals surface area contributed by atoms with Crippen LogP contribution in [0.2, 0.25) is 0 Å². The molecule has 0 spiro atoms. The van der Waals surface area contributed by atoms with Crippen molar-refractivity contribution in [2.75, 3.05) is 6.61 Å². The van der Waals surface area contributed by atoms with E-state index in [1.165, 1.54) is 12.1 Å². The molecule has 2 N–H and O–H groups in total. The molecule has 0 saturated carbocycles. The van der Waals surface area contributed by atoms with Crippen molar-refractivity contribution < 1.29 is 56.5 Å². The van der Waals surface area contributed by atoms with E-state index in [1.54, 1.807) is 0 Å². The number of para-hydroxylation sites is 1. The Morgan fingerprint density at radius 3 is 2.56 bits per heavy atom. The van der Waals surface area contributed by atoms with Gasteiger partial charge in [-0.3, -0.25) is 22.8 Å². The van der Waals surface area contributed by atoms with Crippen LogP contribution in [0.15, 0.2) is 44.6 Å². The minimum absolute atomic E-state index is 0.0425. The summed E-state index contributed by atoms with van der Waals surface area (Å²) < 4.78 is 54.8. The van der Waals surface area contributed by atoms with Crippen LogP contribution >= 0.6 is 15.6 Å². The maximum Gasteiger partial charge on any atom is 0.333 e. The summed E-state index contributed by atoms with van der Waals surface area (Å²) in [6, 6.07) is 4.88. The lowest BCUT2D eigenvalue weighted by molar-refractivity contribution is -0.339. The number of aromatic nitrogens is 3. The van der Waals surface area contributed by atoms with E-state index in [0.29, 0.717) is 4.57 Å². The number of rotatable bonds is 8. The molecule has 19 heteroatoms. The van der Waals surface area contributed by atoms with Gasteiger partial charge in [-0.1, -0.05) is 11.2 Å². The van der Waals surface area contributed by atoms with Gasteiger partial charge in [0.1, 0.15) is 24.0 Å². The second kappa shape index (κ2) is 9.72. The smallest absolute Gasteiger partial charge is 0.333 e. The third-order valence-corrected chi connectivity index (χ3v) is 7.20. The zero-order chi connectivity index (χ0) is 26.4. The van der Waals surface area contributed by atoms with Crippen molar-refractivity contribution >= 4 is 26.6 Å². The SMILES string of the molecule is O=c1ccn([C@@H]2O[C@H](COP(=O)([O-])OP(=O)([O-])[O-])C(O)[C@@H]2O)c(=O)n1Cc1noc2c(F)cccc12. The highest BCUT2D eigenvalue weighted by Crippen LogP contribution is 2.50. The van der Waals surface area contributed by atoms with Crippen LogP contribution in [0.25, 0.3) is 11.0 Å². The number of nitrogens with zero attached hydrogens (tertiary/aromatic N) is 3. The van der Waals surface area contributed by atoms with Gasteiger partial charge >= 0.3 is 5.69 Å². The first-order chi connectivity index (χ1) is 16.8. The Balaban J connectivity index is 1.57. The molecule has 3 aromatic rings. The van der Waals surface area contributed by atoms with Crippen molar-refractivity contribution in [1.82, 2.24) is 14.3 Å². The van der Waals surface area contributed by atoms with Gasteiger partial charge in [0, 0.05) is 17.6 Å². The maximum absolute atomic E-state index is 13.9. The van der Waals surface area contributed by atoms with Crippen molar-refractivity contribution in [3.8, 4) is 0 Å². The molecule has 0 aliphatic carbocycles. The Bertz CT molecular complexity index is 1500. The average molecular weight is 550 g/mol. The van der Waals surface area contributed by atoms with Gasteiger partial charge in [-0.15, -0.1) is 0 Å². The lowest BCUT2D eigenvalue weighted by Gasteiger charge is -2.35. The van der Waals surface area contributed by atoms with Gasteiger partial charge < -0.3 is 43.2 Å². The van der Waals surface area contributed by atoms with E-state index in [4.69, 9.17) is 9.26 Å². The van der Waals surface area contributed by atoms with Crippen LogP contribution in [0.3, 0.4) is 0 Å². The summed E-state index contributed by atoms with van der Waals surface area (Å²) in [6.45, 7) is -1.56. The normalized spacial score (nSPS) is 24.3. The first-order valence-corrected chi connectivity index (χ1v) is 12.7. The number of aliphatic hydroxyl groups excluding tert-OH is 2. The largest absolute Gasteiger partial charge is 0.790 e. The van der Waals surface area contributed by atoms with Crippen LogP contribution < -0.4 is 25.9 Å². The van der Waals surface area contributed by atoms with Crippen LogP contribution in [-0.4, -0.2) is 49.4 Å². The Kier molecular flexibility index (Phi) is 7.15. The van der Waals surface area contributed by atoms with Gasteiger partial charge in [-0.05, 0) is 12.1 Å². The second-order valence-electron chi connectivity index (χ2n) is 7.49. The molecule has 5 atom stereocenters. The molecular weight excluding hydrogens is 535 g/mol. The van der Waals surface area contributed by atoms with Crippen LogP contribution in [0.1, 0.15) is 11.9 Å². The molecule has 1 fully saturated rings. The van der Waals surface area contributed by atoms with Crippen LogP contribution in [0.4, 0.5) is 4.39 Å². The standard InChI is InChI=1S/C17H18FN3O13P2/c18-9-3-1-2-8-10(19-33-15(8)9)6-21-12(22)4-5-20(17(21)25)16-14(24)13(23)11(32-16)7-31-36(29,30)34-35(26,27)28/h1-5,11,13-14,16,23-24H,6-7H2,(H,29,30)(H2,26,27,28)/p-3/t11-,13?,14+,16-/m1/s1. The van der Waals surface area contributed by atoms with Gasteiger partial charge in [0.2, 0.25) is 5.58 Å². The number of fused-ring (bicyclic) bond motifs is 1. The molecule has 1 aromatic carbocycles. The van der Waals surface area contributed by atoms with E-state index in [-0.39, 0.29) is 16.7 Å². The van der Waals surface area contributed by atoms with E-state index in [9.17, 15) is 48.0 Å². The number of phosphoric acid groups is 2. The summed E-state index contributed by atoms with van der Waals surface area (Å²) in [7, 11) is -11.6. The average Bonchev–Trinajstić information content (AvgIpc) is 3.31. The molecule has 0 radical (unpaired) electrons. The van der Waals surface area contributed by atoms with E-state index in [1.807, 2.05) is 0 Å². The molecule has 196 valence electrons. The van der Waals surface area contributed by atoms with Crippen LogP contribution in [0, 0.1) is 5.82 Å². The van der Waals surface area contributed by atoms with Crippen molar-refractivity contribution in [3.05, 3.63) is 62.8 Å². The van der Waals surface area contributed by atoms with Crippen molar-refractivity contribution in [3.63, 3.8) is 0 Å². The van der Waals surface area contributed by atoms with Crippen LogP contribution in [-0.2, 0) is 29.2 Å². The fourth-order valence-corrected chi connectivity index (χ4v) is 5.02. The molecule has 16 nitrogen and oxygen atoms in total. The Morgan fingerprint density at radius 1 is 1.14 bits per heavy atom. The van der Waals surface area contributed by atoms with Gasteiger partial charge in [0.25, 0.3) is 13.4 Å². The molecule has 2 aromatic heterocycles. The summed E-state index contributed by atoms with van der Waals surface area (Å²) in [6.07, 6.45) is -6.05. The zero-order valence-electron chi connectivity index (χ0n) is 17.6. The predicted molar refractivity (Wildman–Crippen MR) is 106 cm³/mol. The maximum atomic E-state index is 13.9. The van der Waals surface area contributed by atoms with Gasteiger partial charge in [0.15, 0.2) is 12.0 Å². The lowest BCUT2D eigenvalue weighted by atomic mass is 10.1. The molecule has 1 saturated heterocycles. The number of benzene rings is 1. The van der Waals surface area contributed by atoms with Crippen molar-refractivity contribution in [1.29, 1.82) is 0 Å². The molecule has 1 aliphatic heterocycles. The third-order valence-electron chi connectivity index (χ3n) is 5.14. The number of hydrogen-bond acceptors (Lipinski definition) is 14. The van der Waals surface area contributed by atoms with E-state index < -0.39 is 70.4 Å². The third kappa shape index (κ3) is 5.40.